The lowest BCUT2D eigenvalue weighted by molar-refractivity contribution is -0.302. The van der Waals surface area contributed by atoms with E-state index in [1.807, 2.05) is 0 Å². The maximum absolute atomic E-state index is 15.3. The molecule has 11 atom stereocenters. The van der Waals surface area contributed by atoms with Crippen molar-refractivity contribution in [2.45, 2.75) is 147 Å². The minimum absolute atomic E-state index is 0.343. The number of carbonyl (C=O) groups excluding carboxylic acids is 8. The number of piperidine rings is 1. The Hall–Kier alpha value is -5.19. The fourth-order valence-electron chi connectivity index (χ4n) is 7.16. The number of methoxy groups -OCH3 is 1. The second-order valence-electron chi connectivity index (χ2n) is 14.0. The zero-order chi connectivity index (χ0) is 45.2. The Kier molecular flexibility index (Phi) is 17.5. The van der Waals surface area contributed by atoms with Gasteiger partial charge in [0.1, 0.15) is 18.8 Å². The van der Waals surface area contributed by atoms with Crippen LogP contribution in [0, 0.1) is 6.92 Å². The van der Waals surface area contributed by atoms with Crippen molar-refractivity contribution in [3.05, 3.63) is 29.8 Å². The standard InChI is InChI=1S/C38H51NO20S/c1-18-11-13-28(14-12-18)60(48,49)39-29(15-27(52-20(3)41)17-51-19(2)40)32(53-21(4)42)35(56-24(7)45)33(54-22(5)43)30(39)16-31-34(55-23(6)44)36(57-25(8)46)37(58-26(9)47)38(50-10)59-31/h11-14,27,29-38H,15-17H2,1-10H3/t27-,29-,30+,31-,32-,33-,34-,35-,36+,37+,38+/m0/s1. The van der Waals surface area contributed by atoms with E-state index < -0.39 is 144 Å². The molecule has 0 aromatic heterocycles. The zero-order valence-electron chi connectivity index (χ0n) is 34.8. The van der Waals surface area contributed by atoms with Gasteiger partial charge in [-0.15, -0.1) is 0 Å². The van der Waals surface area contributed by atoms with Gasteiger partial charge in [-0.25, -0.2) is 8.42 Å². The molecule has 2 aliphatic rings. The number of hydrogen-bond acceptors (Lipinski definition) is 20. The van der Waals surface area contributed by atoms with Gasteiger partial charge in [0, 0.05) is 68.9 Å². The highest BCUT2D eigenvalue weighted by Gasteiger charge is 2.61. The summed E-state index contributed by atoms with van der Waals surface area (Å²) >= 11 is 0. The van der Waals surface area contributed by atoms with Gasteiger partial charge in [-0.05, 0) is 25.5 Å². The van der Waals surface area contributed by atoms with E-state index in [9.17, 15) is 38.4 Å². The topological polar surface area (TPSA) is 266 Å². The van der Waals surface area contributed by atoms with E-state index in [1.165, 1.54) is 24.3 Å². The van der Waals surface area contributed by atoms with E-state index in [0.29, 0.717) is 5.56 Å². The van der Waals surface area contributed by atoms with Crippen LogP contribution in [0.5, 0.6) is 0 Å². The normalized spacial score (nSPS) is 27.2. The van der Waals surface area contributed by atoms with Gasteiger partial charge in [-0.2, -0.15) is 4.31 Å². The molecule has 0 spiro atoms. The largest absolute Gasteiger partial charge is 0.462 e. The number of aryl methyl sites for hydroxylation is 1. The molecule has 22 heteroatoms. The zero-order valence-corrected chi connectivity index (χ0v) is 35.6. The van der Waals surface area contributed by atoms with Crippen LogP contribution in [-0.2, 0) is 95.7 Å². The van der Waals surface area contributed by atoms with Crippen LogP contribution in [0.2, 0.25) is 0 Å². The maximum atomic E-state index is 15.3. The summed E-state index contributed by atoms with van der Waals surface area (Å²) in [7, 11) is -3.78. The second kappa shape index (κ2) is 21.4. The highest BCUT2D eigenvalue weighted by Crippen LogP contribution is 2.42. The van der Waals surface area contributed by atoms with Gasteiger partial charge in [0.05, 0.1) is 17.0 Å². The number of nitrogens with zero attached hydrogens (tertiary/aromatic N) is 1. The molecule has 1 aromatic rings. The van der Waals surface area contributed by atoms with Crippen LogP contribution >= 0.6 is 0 Å². The Morgan fingerprint density at radius 3 is 1.48 bits per heavy atom. The smallest absolute Gasteiger partial charge is 0.303 e. The van der Waals surface area contributed by atoms with E-state index >= 15 is 8.42 Å². The van der Waals surface area contributed by atoms with E-state index in [4.69, 9.17) is 47.4 Å². The van der Waals surface area contributed by atoms with Crippen LogP contribution < -0.4 is 0 Å². The van der Waals surface area contributed by atoms with Gasteiger partial charge in [-0.3, -0.25) is 38.4 Å². The first-order valence-corrected chi connectivity index (χ1v) is 20.0. The number of sulfonamides is 1. The molecule has 0 saturated carbocycles. The quantitative estimate of drug-likeness (QED) is 0.165. The Morgan fingerprint density at radius 2 is 1.03 bits per heavy atom. The molecule has 2 fully saturated rings. The Labute approximate surface area is 346 Å². The summed E-state index contributed by atoms with van der Waals surface area (Å²) in [6.45, 7) is 9.21. The molecule has 21 nitrogen and oxygen atoms in total. The maximum Gasteiger partial charge on any atom is 0.303 e. The van der Waals surface area contributed by atoms with Gasteiger partial charge >= 0.3 is 47.8 Å². The average Bonchev–Trinajstić information content (AvgIpc) is 3.11. The van der Waals surface area contributed by atoms with Crippen LogP contribution in [0.4, 0.5) is 0 Å². The third-order valence-corrected chi connectivity index (χ3v) is 11.0. The van der Waals surface area contributed by atoms with E-state index in [0.717, 1.165) is 66.8 Å². The fourth-order valence-corrected chi connectivity index (χ4v) is 9.01. The van der Waals surface area contributed by atoms with E-state index in [2.05, 4.69) is 0 Å². The minimum atomic E-state index is -4.93. The van der Waals surface area contributed by atoms with Crippen molar-refractivity contribution in [3.63, 3.8) is 0 Å². The molecule has 1 aromatic carbocycles. The van der Waals surface area contributed by atoms with Crippen LogP contribution in [0.1, 0.15) is 73.8 Å². The van der Waals surface area contributed by atoms with Crippen molar-refractivity contribution < 1.29 is 94.1 Å². The Balaban J connectivity index is 2.50. The second-order valence-corrected chi connectivity index (χ2v) is 15.9. The molecule has 0 radical (unpaired) electrons. The number of carbonyl (C=O) groups is 8. The Bertz CT molecular complexity index is 1870. The number of hydrogen-bond donors (Lipinski definition) is 0. The predicted octanol–water partition coefficient (Wildman–Crippen LogP) is 0.973. The fraction of sp³-hybridized carbons (Fsp3) is 0.632. The van der Waals surface area contributed by atoms with Crippen molar-refractivity contribution in [3.8, 4) is 0 Å². The molecule has 60 heavy (non-hydrogen) atoms. The highest BCUT2D eigenvalue weighted by molar-refractivity contribution is 7.89. The van der Waals surface area contributed by atoms with Gasteiger partial charge < -0.3 is 47.4 Å². The molecule has 0 aliphatic carbocycles. The van der Waals surface area contributed by atoms with Gasteiger partial charge in [0.2, 0.25) is 10.0 Å². The average molecular weight is 874 g/mol. The van der Waals surface area contributed by atoms with Crippen molar-refractivity contribution in [2.24, 2.45) is 0 Å². The molecular formula is C38H51NO20S. The SMILES string of the molecule is CO[C@@H]1O[C@@H](C[C@@H]2[C@H](OC(C)=O)[C@@H](OC(C)=O)[C@@H](OC(C)=O)[C@H](C[C@@H](COC(C)=O)OC(C)=O)N2S(=O)(=O)c2ccc(C)cc2)[C@H](OC(C)=O)[C@@H](OC(C)=O)[C@H]1OC(C)=O. The molecular weight excluding hydrogens is 822 g/mol. The molecule has 0 unspecified atom stereocenters. The molecule has 0 amide bonds. The molecule has 2 aliphatic heterocycles. The van der Waals surface area contributed by atoms with Crippen molar-refractivity contribution in [1.82, 2.24) is 4.31 Å². The Morgan fingerprint density at radius 1 is 0.600 bits per heavy atom. The summed E-state index contributed by atoms with van der Waals surface area (Å²) in [5, 5.41) is 0. The monoisotopic (exact) mass is 873 g/mol. The molecule has 0 bridgehead atoms. The summed E-state index contributed by atoms with van der Waals surface area (Å²) in [6, 6.07) is 2.02. The third-order valence-electron chi connectivity index (χ3n) is 9.08. The first-order chi connectivity index (χ1) is 28.0. The summed E-state index contributed by atoms with van der Waals surface area (Å²) in [4.78, 5) is 100. The van der Waals surface area contributed by atoms with Gasteiger partial charge in [-0.1, -0.05) is 17.7 Å². The van der Waals surface area contributed by atoms with Crippen LogP contribution in [0.3, 0.4) is 0 Å². The first kappa shape index (κ1) is 49.2. The molecule has 2 heterocycles. The van der Waals surface area contributed by atoms with Crippen molar-refractivity contribution in [1.29, 1.82) is 0 Å². The van der Waals surface area contributed by atoms with Gasteiger partial charge in [0.25, 0.3) is 0 Å². The predicted molar refractivity (Wildman–Crippen MR) is 198 cm³/mol. The summed E-state index contributed by atoms with van der Waals surface area (Å²) < 4.78 is 87.3. The minimum Gasteiger partial charge on any atom is -0.462 e. The highest BCUT2D eigenvalue weighted by atomic mass is 32.2. The lowest BCUT2D eigenvalue weighted by Crippen LogP contribution is -2.71. The van der Waals surface area contributed by atoms with Crippen LogP contribution in [0.25, 0.3) is 0 Å². The van der Waals surface area contributed by atoms with Crippen molar-refractivity contribution in [2.75, 3.05) is 13.7 Å². The number of esters is 8. The molecule has 0 N–H and O–H groups in total. The van der Waals surface area contributed by atoms with E-state index in [-0.39, 0.29) is 4.90 Å². The molecule has 3 rings (SSSR count). The number of benzene rings is 1. The summed E-state index contributed by atoms with van der Waals surface area (Å²) in [5.74, 6) is -7.45. The van der Waals surface area contributed by atoms with Gasteiger partial charge in [0.15, 0.2) is 42.9 Å². The lowest BCUT2D eigenvalue weighted by atomic mass is 9.83. The molecule has 2 saturated heterocycles. The third kappa shape index (κ3) is 13.2. The van der Waals surface area contributed by atoms with E-state index in [1.54, 1.807) is 6.92 Å². The van der Waals surface area contributed by atoms with Crippen LogP contribution in [0.15, 0.2) is 29.2 Å². The van der Waals surface area contributed by atoms with Crippen molar-refractivity contribution >= 4 is 57.8 Å². The molecule has 334 valence electrons. The number of ether oxygens (including phenoxy) is 10. The number of rotatable bonds is 16. The summed E-state index contributed by atoms with van der Waals surface area (Å²) in [5.41, 5.74) is 0.659. The van der Waals surface area contributed by atoms with Crippen LogP contribution in [-0.4, -0.2) is 141 Å². The summed E-state index contributed by atoms with van der Waals surface area (Å²) in [6.07, 6.45) is -16.3. The lowest BCUT2D eigenvalue weighted by Gasteiger charge is -2.52. The first-order valence-electron chi connectivity index (χ1n) is 18.6.